The van der Waals surface area contributed by atoms with Gasteiger partial charge >= 0.3 is 0 Å². The van der Waals surface area contributed by atoms with Gasteiger partial charge in [0.1, 0.15) is 5.75 Å². The minimum Gasteiger partial charge on any atom is -0.495 e. The molecule has 0 spiro atoms. The molecule has 2 N–H and O–H groups in total. The van der Waals surface area contributed by atoms with Crippen LogP contribution in [-0.4, -0.2) is 13.0 Å². The average Bonchev–Trinajstić information content (AvgIpc) is 2.45. The summed E-state index contributed by atoms with van der Waals surface area (Å²) in [6, 6.07) is 15.8. The Morgan fingerprint density at radius 2 is 1.79 bits per heavy atom. The Morgan fingerprint density at radius 3 is 2.42 bits per heavy atom. The van der Waals surface area contributed by atoms with Gasteiger partial charge in [-0.2, -0.15) is 0 Å². The molecule has 0 radical (unpaired) electrons. The lowest BCUT2D eigenvalue weighted by Crippen LogP contribution is -2.26. The molecule has 0 saturated heterocycles. The van der Waals surface area contributed by atoms with Gasteiger partial charge in [0.25, 0.3) is 0 Å². The topological polar surface area (TPSA) is 50.4 Å². The first kappa shape index (κ1) is 13.0. The van der Waals surface area contributed by atoms with E-state index in [4.69, 9.17) is 4.74 Å². The number of rotatable bonds is 4. The van der Waals surface area contributed by atoms with Crippen LogP contribution in [0.1, 0.15) is 6.92 Å². The fourth-order valence-electron chi connectivity index (χ4n) is 1.77. The van der Waals surface area contributed by atoms with Crippen molar-refractivity contribution in [2.45, 2.75) is 6.92 Å². The largest absolute Gasteiger partial charge is 0.495 e. The number of methoxy groups -OCH3 is 1. The maximum absolute atomic E-state index is 11.0. The summed E-state index contributed by atoms with van der Waals surface area (Å²) >= 11 is 0. The van der Waals surface area contributed by atoms with Gasteiger partial charge in [0.15, 0.2) is 0 Å². The van der Waals surface area contributed by atoms with Crippen LogP contribution in [0.2, 0.25) is 0 Å². The minimum atomic E-state index is -0.160. The van der Waals surface area contributed by atoms with Crippen molar-refractivity contribution in [3.05, 3.63) is 48.5 Å². The molecule has 4 heteroatoms. The number of hydrogen-bond donors (Lipinski definition) is 2. The van der Waals surface area contributed by atoms with Crippen molar-refractivity contribution in [2.75, 3.05) is 12.5 Å². The highest BCUT2D eigenvalue weighted by Crippen LogP contribution is 2.29. The maximum atomic E-state index is 11.0. The van der Waals surface area contributed by atoms with Gasteiger partial charge in [0.05, 0.1) is 12.8 Å². The molecule has 0 unspecified atom stereocenters. The second-order valence-electron chi connectivity index (χ2n) is 4.09. The van der Waals surface area contributed by atoms with E-state index in [-0.39, 0.29) is 5.91 Å². The molecule has 2 rings (SSSR count). The van der Waals surface area contributed by atoms with Gasteiger partial charge in [-0.15, -0.1) is 0 Å². The summed E-state index contributed by atoms with van der Waals surface area (Å²) in [6.07, 6.45) is 0. The van der Waals surface area contributed by atoms with E-state index in [2.05, 4.69) is 10.9 Å². The molecule has 0 aliphatic rings. The highest BCUT2D eigenvalue weighted by molar-refractivity contribution is 5.77. The number of benzene rings is 2. The van der Waals surface area contributed by atoms with E-state index in [9.17, 15) is 4.79 Å². The number of carbonyl (C=O) groups is 1. The van der Waals surface area contributed by atoms with Gasteiger partial charge in [0.2, 0.25) is 5.91 Å². The fraction of sp³-hybridized carbons (Fsp3) is 0.133. The zero-order valence-electron chi connectivity index (χ0n) is 10.9. The summed E-state index contributed by atoms with van der Waals surface area (Å²) in [5, 5.41) is 0. The van der Waals surface area contributed by atoms with Crippen molar-refractivity contribution in [1.29, 1.82) is 0 Å². The van der Waals surface area contributed by atoms with Gasteiger partial charge in [-0.1, -0.05) is 36.4 Å². The Balaban J connectivity index is 2.32. The Kier molecular flexibility index (Phi) is 4.03. The third-order valence-corrected chi connectivity index (χ3v) is 2.68. The fourth-order valence-corrected chi connectivity index (χ4v) is 1.77. The van der Waals surface area contributed by atoms with Crippen LogP contribution in [0.25, 0.3) is 11.1 Å². The molecule has 0 heterocycles. The van der Waals surface area contributed by atoms with Gasteiger partial charge in [-0.05, 0) is 23.3 Å². The number of amides is 1. The van der Waals surface area contributed by atoms with E-state index in [1.807, 2.05) is 48.5 Å². The van der Waals surface area contributed by atoms with E-state index < -0.39 is 0 Å². The van der Waals surface area contributed by atoms with E-state index in [0.717, 1.165) is 16.8 Å². The van der Waals surface area contributed by atoms with Crippen molar-refractivity contribution in [2.24, 2.45) is 0 Å². The van der Waals surface area contributed by atoms with Gasteiger partial charge < -0.3 is 4.74 Å². The van der Waals surface area contributed by atoms with Gasteiger partial charge in [0, 0.05) is 6.92 Å². The summed E-state index contributed by atoms with van der Waals surface area (Å²) in [6.45, 7) is 1.44. The predicted molar refractivity (Wildman–Crippen MR) is 75.9 cm³/mol. The number of anilines is 1. The third-order valence-electron chi connectivity index (χ3n) is 2.68. The van der Waals surface area contributed by atoms with Crippen molar-refractivity contribution in [1.82, 2.24) is 5.43 Å². The first-order chi connectivity index (χ1) is 9.20. The lowest BCUT2D eigenvalue weighted by Gasteiger charge is -2.13. The van der Waals surface area contributed by atoms with E-state index in [0.29, 0.717) is 5.75 Å². The number of hydrazine groups is 1. The molecule has 2 aromatic carbocycles. The maximum Gasteiger partial charge on any atom is 0.235 e. The summed E-state index contributed by atoms with van der Waals surface area (Å²) in [5.41, 5.74) is 8.27. The predicted octanol–water partition coefficient (Wildman–Crippen LogP) is 2.83. The smallest absolute Gasteiger partial charge is 0.235 e. The van der Waals surface area contributed by atoms with Crippen molar-refractivity contribution < 1.29 is 9.53 Å². The number of ether oxygens (including phenoxy) is 1. The SMILES string of the molecule is COc1ccc(-c2ccccc2)cc1NNC(C)=O. The molecule has 0 atom stereocenters. The zero-order chi connectivity index (χ0) is 13.7. The average molecular weight is 256 g/mol. The van der Waals surface area contributed by atoms with Crippen LogP contribution in [0.3, 0.4) is 0 Å². The monoisotopic (exact) mass is 256 g/mol. The lowest BCUT2D eigenvalue weighted by molar-refractivity contribution is -0.118. The van der Waals surface area contributed by atoms with E-state index in [1.165, 1.54) is 6.92 Å². The van der Waals surface area contributed by atoms with Crippen LogP contribution in [0.5, 0.6) is 5.75 Å². The molecule has 2 aromatic rings. The second-order valence-corrected chi connectivity index (χ2v) is 4.09. The Morgan fingerprint density at radius 1 is 1.05 bits per heavy atom. The molecule has 0 aliphatic carbocycles. The summed E-state index contributed by atoms with van der Waals surface area (Å²) < 4.78 is 5.25. The first-order valence-corrected chi connectivity index (χ1v) is 5.97. The molecule has 0 bridgehead atoms. The second kappa shape index (κ2) is 5.91. The molecular weight excluding hydrogens is 240 g/mol. The third kappa shape index (κ3) is 3.25. The molecule has 0 aliphatic heterocycles. The molecule has 4 nitrogen and oxygen atoms in total. The summed E-state index contributed by atoms with van der Waals surface area (Å²) in [5.74, 6) is 0.514. The van der Waals surface area contributed by atoms with Crippen LogP contribution in [0.4, 0.5) is 5.69 Å². The minimum absolute atomic E-state index is 0.160. The summed E-state index contributed by atoms with van der Waals surface area (Å²) in [4.78, 5) is 11.0. The van der Waals surface area contributed by atoms with E-state index in [1.54, 1.807) is 7.11 Å². The van der Waals surface area contributed by atoms with Crippen LogP contribution in [-0.2, 0) is 4.79 Å². The normalized spacial score (nSPS) is 9.79. The van der Waals surface area contributed by atoms with Gasteiger partial charge in [-0.25, -0.2) is 0 Å². The van der Waals surface area contributed by atoms with Gasteiger partial charge in [-0.3, -0.25) is 15.6 Å². The molecular formula is C15H16N2O2. The molecule has 0 fully saturated rings. The first-order valence-electron chi connectivity index (χ1n) is 5.97. The Hall–Kier alpha value is -2.49. The number of carbonyl (C=O) groups excluding carboxylic acids is 1. The number of nitrogens with one attached hydrogen (secondary N) is 2. The van der Waals surface area contributed by atoms with Crippen molar-refractivity contribution in [3.8, 4) is 16.9 Å². The van der Waals surface area contributed by atoms with Crippen LogP contribution >= 0.6 is 0 Å². The number of hydrogen-bond acceptors (Lipinski definition) is 3. The van der Waals surface area contributed by atoms with Crippen molar-refractivity contribution in [3.63, 3.8) is 0 Å². The van der Waals surface area contributed by atoms with Crippen LogP contribution in [0, 0.1) is 0 Å². The van der Waals surface area contributed by atoms with Crippen LogP contribution < -0.4 is 15.6 Å². The quantitative estimate of drug-likeness (QED) is 0.827. The highest BCUT2D eigenvalue weighted by atomic mass is 16.5. The molecule has 0 aromatic heterocycles. The Bertz CT molecular complexity index is 568. The molecule has 0 saturated carbocycles. The Labute approximate surface area is 112 Å². The molecule has 98 valence electrons. The van der Waals surface area contributed by atoms with E-state index >= 15 is 0 Å². The lowest BCUT2D eigenvalue weighted by atomic mass is 10.1. The molecule has 1 amide bonds. The zero-order valence-corrected chi connectivity index (χ0v) is 10.9. The van der Waals surface area contributed by atoms with Crippen LogP contribution in [0.15, 0.2) is 48.5 Å². The molecule has 19 heavy (non-hydrogen) atoms. The summed E-state index contributed by atoms with van der Waals surface area (Å²) in [7, 11) is 1.59. The highest BCUT2D eigenvalue weighted by Gasteiger charge is 2.05. The van der Waals surface area contributed by atoms with Crippen molar-refractivity contribution >= 4 is 11.6 Å². The standard InChI is InChI=1S/C15H16N2O2/c1-11(18)16-17-14-10-13(8-9-15(14)19-2)12-6-4-3-5-7-12/h3-10,17H,1-2H3,(H,16,18).